The third-order valence-corrected chi connectivity index (χ3v) is 4.35. The van der Waals surface area contributed by atoms with Gasteiger partial charge in [0.25, 0.3) is 0 Å². The number of benzene rings is 1. The molecule has 6 nitrogen and oxygen atoms in total. The molecule has 2 amide bonds. The van der Waals surface area contributed by atoms with E-state index < -0.39 is 6.04 Å². The van der Waals surface area contributed by atoms with Gasteiger partial charge < -0.3 is 15.0 Å². The van der Waals surface area contributed by atoms with E-state index in [1.54, 1.807) is 19.1 Å². The van der Waals surface area contributed by atoms with Crippen molar-refractivity contribution in [3.05, 3.63) is 35.6 Å². The van der Waals surface area contributed by atoms with E-state index in [1.807, 2.05) is 0 Å². The highest BCUT2D eigenvalue weighted by atomic mass is 19.1. The smallest absolute Gasteiger partial charge is 0.242 e. The number of rotatable bonds is 7. The Labute approximate surface area is 147 Å². The Bertz CT molecular complexity index is 573. The number of carbonyl (C=O) groups excluding carboxylic acids is 2. The first kappa shape index (κ1) is 19.3. The molecular formula is C18H26FN3O3. The molecule has 0 spiro atoms. The van der Waals surface area contributed by atoms with Crippen molar-refractivity contribution in [3.8, 4) is 0 Å². The maximum atomic E-state index is 13.0. The lowest BCUT2D eigenvalue weighted by molar-refractivity contribution is -0.139. The number of nitrogens with one attached hydrogen (secondary N) is 1. The highest BCUT2D eigenvalue weighted by molar-refractivity contribution is 5.86. The summed E-state index contributed by atoms with van der Waals surface area (Å²) in [5.74, 6) is -0.710. The minimum Gasteiger partial charge on any atom is -0.379 e. The van der Waals surface area contributed by atoms with Crippen LogP contribution in [0.15, 0.2) is 24.3 Å². The Hall–Kier alpha value is -1.99. The second kappa shape index (κ2) is 9.48. The van der Waals surface area contributed by atoms with Gasteiger partial charge in [-0.3, -0.25) is 14.5 Å². The molecule has 0 bridgehead atoms. The number of hydrogen-bond acceptors (Lipinski definition) is 4. The number of morpholine rings is 1. The average Bonchev–Trinajstić information content (AvgIpc) is 2.61. The van der Waals surface area contributed by atoms with E-state index in [-0.39, 0.29) is 24.2 Å². The van der Waals surface area contributed by atoms with Gasteiger partial charge in [-0.15, -0.1) is 0 Å². The fourth-order valence-corrected chi connectivity index (χ4v) is 2.76. The third kappa shape index (κ3) is 6.10. The summed E-state index contributed by atoms with van der Waals surface area (Å²) >= 11 is 0. The van der Waals surface area contributed by atoms with Crippen LogP contribution < -0.4 is 5.32 Å². The summed E-state index contributed by atoms with van der Waals surface area (Å²) in [6.45, 7) is 7.89. The number of nitrogens with zero attached hydrogens (tertiary/aromatic N) is 2. The zero-order valence-corrected chi connectivity index (χ0v) is 14.8. The normalized spacial score (nSPS) is 16.3. The van der Waals surface area contributed by atoms with Crippen molar-refractivity contribution in [2.24, 2.45) is 0 Å². The van der Waals surface area contributed by atoms with Crippen LogP contribution in [0.5, 0.6) is 0 Å². The molecule has 1 aliphatic heterocycles. The van der Waals surface area contributed by atoms with Gasteiger partial charge in [0.2, 0.25) is 11.8 Å². The van der Waals surface area contributed by atoms with Crippen LogP contribution >= 0.6 is 0 Å². The number of halogens is 1. The topological polar surface area (TPSA) is 61.9 Å². The van der Waals surface area contributed by atoms with Crippen molar-refractivity contribution in [3.63, 3.8) is 0 Å². The van der Waals surface area contributed by atoms with Gasteiger partial charge in [0.1, 0.15) is 11.9 Å². The Morgan fingerprint density at radius 2 is 1.92 bits per heavy atom. The van der Waals surface area contributed by atoms with Crippen LogP contribution in [0, 0.1) is 5.82 Å². The molecule has 7 heteroatoms. The predicted octanol–water partition coefficient (Wildman–Crippen LogP) is 1.01. The van der Waals surface area contributed by atoms with Crippen LogP contribution in [0.1, 0.15) is 19.4 Å². The second-order valence-corrected chi connectivity index (χ2v) is 6.19. The molecule has 1 atom stereocenters. The third-order valence-electron chi connectivity index (χ3n) is 4.35. The first-order valence-electron chi connectivity index (χ1n) is 8.57. The van der Waals surface area contributed by atoms with Crippen molar-refractivity contribution >= 4 is 11.8 Å². The van der Waals surface area contributed by atoms with Crippen molar-refractivity contribution in [2.75, 3.05) is 39.4 Å². The number of carbonyl (C=O) groups is 2. The monoisotopic (exact) mass is 351 g/mol. The molecule has 1 heterocycles. The standard InChI is InChI=1S/C18H26FN3O3/c1-14(18(24)20-7-8-21-9-11-25-12-10-21)22(15(2)23)13-16-3-5-17(19)6-4-16/h3-6,14H,7-13H2,1-2H3,(H,20,24). The molecule has 1 N–H and O–H groups in total. The zero-order chi connectivity index (χ0) is 18.2. The predicted molar refractivity (Wildman–Crippen MR) is 92.4 cm³/mol. The van der Waals surface area contributed by atoms with Crippen LogP contribution in [-0.4, -0.2) is 67.0 Å². The lowest BCUT2D eigenvalue weighted by atomic mass is 10.1. The van der Waals surface area contributed by atoms with Gasteiger partial charge in [-0.1, -0.05) is 12.1 Å². The Morgan fingerprint density at radius 1 is 1.28 bits per heavy atom. The molecule has 1 fully saturated rings. The summed E-state index contributed by atoms with van der Waals surface area (Å²) < 4.78 is 18.3. The molecular weight excluding hydrogens is 325 g/mol. The van der Waals surface area contributed by atoms with Crippen LogP contribution in [-0.2, 0) is 20.9 Å². The van der Waals surface area contributed by atoms with E-state index in [2.05, 4.69) is 10.2 Å². The van der Waals surface area contributed by atoms with Gasteiger partial charge in [0.05, 0.1) is 13.2 Å². The number of amides is 2. The molecule has 0 aromatic heterocycles. The highest BCUT2D eigenvalue weighted by Crippen LogP contribution is 2.10. The van der Waals surface area contributed by atoms with E-state index >= 15 is 0 Å². The lowest BCUT2D eigenvalue weighted by Gasteiger charge is -2.29. The summed E-state index contributed by atoms with van der Waals surface area (Å²) in [6, 6.07) is 5.34. The molecule has 138 valence electrons. The summed E-state index contributed by atoms with van der Waals surface area (Å²) in [4.78, 5) is 28.0. The molecule has 0 aliphatic carbocycles. The van der Waals surface area contributed by atoms with E-state index in [0.29, 0.717) is 6.54 Å². The van der Waals surface area contributed by atoms with E-state index in [0.717, 1.165) is 38.4 Å². The highest BCUT2D eigenvalue weighted by Gasteiger charge is 2.23. The maximum absolute atomic E-state index is 13.0. The largest absolute Gasteiger partial charge is 0.379 e. The maximum Gasteiger partial charge on any atom is 0.242 e. The SMILES string of the molecule is CC(=O)N(Cc1ccc(F)cc1)C(C)C(=O)NCCN1CCOCC1. The van der Waals surface area contributed by atoms with Gasteiger partial charge in [-0.2, -0.15) is 0 Å². The van der Waals surface area contributed by atoms with E-state index in [1.165, 1.54) is 24.0 Å². The van der Waals surface area contributed by atoms with E-state index in [4.69, 9.17) is 4.74 Å². The number of ether oxygens (including phenoxy) is 1. The molecule has 1 aromatic rings. The molecule has 1 saturated heterocycles. The summed E-state index contributed by atoms with van der Waals surface area (Å²) in [5.41, 5.74) is 0.782. The lowest BCUT2D eigenvalue weighted by Crippen LogP contribution is -2.49. The molecule has 1 unspecified atom stereocenters. The van der Waals surface area contributed by atoms with Gasteiger partial charge in [-0.25, -0.2) is 4.39 Å². The van der Waals surface area contributed by atoms with E-state index in [9.17, 15) is 14.0 Å². The first-order valence-corrected chi connectivity index (χ1v) is 8.57. The second-order valence-electron chi connectivity index (χ2n) is 6.19. The summed E-state index contributed by atoms with van der Waals surface area (Å²) in [7, 11) is 0. The van der Waals surface area contributed by atoms with Gasteiger partial charge in [0, 0.05) is 39.6 Å². The van der Waals surface area contributed by atoms with Crippen LogP contribution in [0.25, 0.3) is 0 Å². The fraction of sp³-hybridized carbons (Fsp3) is 0.556. The molecule has 0 radical (unpaired) electrons. The number of hydrogen-bond donors (Lipinski definition) is 1. The Balaban J connectivity index is 1.85. The fourth-order valence-electron chi connectivity index (χ4n) is 2.76. The quantitative estimate of drug-likeness (QED) is 0.797. The van der Waals surface area contributed by atoms with Gasteiger partial charge >= 0.3 is 0 Å². The van der Waals surface area contributed by atoms with Crippen molar-refractivity contribution < 1.29 is 18.7 Å². The molecule has 1 aromatic carbocycles. The van der Waals surface area contributed by atoms with Crippen LogP contribution in [0.4, 0.5) is 4.39 Å². The van der Waals surface area contributed by atoms with Gasteiger partial charge in [0.15, 0.2) is 0 Å². The minimum absolute atomic E-state index is 0.189. The summed E-state index contributed by atoms with van der Waals surface area (Å²) in [6.07, 6.45) is 0. The Kier molecular flexibility index (Phi) is 7.33. The minimum atomic E-state index is -0.591. The van der Waals surface area contributed by atoms with Gasteiger partial charge in [-0.05, 0) is 24.6 Å². The molecule has 1 aliphatic rings. The van der Waals surface area contributed by atoms with Crippen LogP contribution in [0.2, 0.25) is 0 Å². The summed E-state index contributed by atoms with van der Waals surface area (Å²) in [5, 5.41) is 2.88. The van der Waals surface area contributed by atoms with Crippen molar-refractivity contribution in [2.45, 2.75) is 26.4 Å². The van der Waals surface area contributed by atoms with Crippen molar-refractivity contribution in [1.82, 2.24) is 15.1 Å². The zero-order valence-electron chi connectivity index (χ0n) is 14.8. The molecule has 0 saturated carbocycles. The first-order chi connectivity index (χ1) is 12.0. The average molecular weight is 351 g/mol. The molecule has 2 rings (SSSR count). The molecule has 25 heavy (non-hydrogen) atoms. The Morgan fingerprint density at radius 3 is 2.52 bits per heavy atom. The van der Waals surface area contributed by atoms with Crippen LogP contribution in [0.3, 0.4) is 0 Å². The van der Waals surface area contributed by atoms with Crippen molar-refractivity contribution in [1.29, 1.82) is 0 Å².